The van der Waals surface area contributed by atoms with Gasteiger partial charge in [-0.25, -0.2) is 0 Å². The van der Waals surface area contributed by atoms with E-state index >= 15 is 0 Å². The third-order valence-electron chi connectivity index (χ3n) is 3.05. The molecule has 0 fully saturated rings. The van der Waals surface area contributed by atoms with Gasteiger partial charge in [0.1, 0.15) is 0 Å². The second-order valence-corrected chi connectivity index (χ2v) is 5.35. The van der Waals surface area contributed by atoms with Gasteiger partial charge < -0.3 is 0 Å². The summed E-state index contributed by atoms with van der Waals surface area (Å²) in [5.74, 6) is 0.850. The van der Waals surface area contributed by atoms with E-state index in [1.165, 1.54) is 64.2 Å². The molecular formula is C16H32. The monoisotopic (exact) mass is 224 g/mol. The minimum absolute atomic E-state index is 0.850. The molecule has 16 heavy (non-hydrogen) atoms. The Kier molecular flexibility index (Phi) is 12.6. The van der Waals surface area contributed by atoms with Crippen molar-refractivity contribution in [2.24, 2.45) is 5.92 Å². The van der Waals surface area contributed by atoms with Crippen LogP contribution in [-0.2, 0) is 0 Å². The summed E-state index contributed by atoms with van der Waals surface area (Å²) in [4.78, 5) is 0. The predicted octanol–water partition coefficient (Wildman–Crippen LogP) is 6.12. The third kappa shape index (κ3) is 13.7. The third-order valence-corrected chi connectivity index (χ3v) is 3.05. The Balaban J connectivity index is 3.03. The van der Waals surface area contributed by atoms with Crippen molar-refractivity contribution in [3.63, 3.8) is 0 Å². The first kappa shape index (κ1) is 15.7. The van der Waals surface area contributed by atoms with Crippen LogP contribution in [0, 0.1) is 5.92 Å². The molecule has 0 bridgehead atoms. The molecule has 0 aromatic rings. The molecule has 0 amide bonds. The van der Waals surface area contributed by atoms with E-state index in [1.807, 2.05) is 0 Å². The number of rotatable bonds is 11. The van der Waals surface area contributed by atoms with Crippen LogP contribution >= 0.6 is 0 Å². The number of allylic oxidation sites excluding steroid dienone is 2. The Bertz CT molecular complexity index is 144. The van der Waals surface area contributed by atoms with Gasteiger partial charge in [-0.1, -0.05) is 71.4 Å². The van der Waals surface area contributed by atoms with Crippen molar-refractivity contribution in [1.82, 2.24) is 0 Å². The average molecular weight is 224 g/mol. The average Bonchev–Trinajstić information content (AvgIpc) is 2.25. The van der Waals surface area contributed by atoms with E-state index < -0.39 is 0 Å². The highest BCUT2D eigenvalue weighted by Gasteiger charge is 1.90. The maximum Gasteiger partial charge on any atom is -0.0348 e. The van der Waals surface area contributed by atoms with E-state index in [-0.39, 0.29) is 0 Å². The molecule has 96 valence electrons. The molecule has 0 heterocycles. The van der Waals surface area contributed by atoms with E-state index in [2.05, 4.69) is 32.9 Å². The maximum absolute atomic E-state index is 2.38. The molecule has 0 unspecified atom stereocenters. The Morgan fingerprint density at radius 1 is 0.750 bits per heavy atom. The zero-order valence-electron chi connectivity index (χ0n) is 11.8. The summed E-state index contributed by atoms with van der Waals surface area (Å²) >= 11 is 0. The van der Waals surface area contributed by atoms with Crippen LogP contribution in [0.5, 0.6) is 0 Å². The molecule has 0 aliphatic carbocycles. The molecule has 0 rings (SSSR count). The molecule has 0 aliphatic heterocycles. The normalized spacial score (nSPS) is 11.8. The molecule has 0 nitrogen and oxygen atoms in total. The Labute approximate surface area is 104 Å². The van der Waals surface area contributed by atoms with Gasteiger partial charge >= 0.3 is 0 Å². The van der Waals surface area contributed by atoms with E-state index in [0.29, 0.717) is 0 Å². The predicted molar refractivity (Wildman–Crippen MR) is 75.8 cm³/mol. The standard InChI is InChI=1S/C16H32/c1-4-5-6-7-8-9-10-11-12-13-14-15-16(2)3/h12-13,16H,4-11,14-15H2,1-3H3. The van der Waals surface area contributed by atoms with Crippen molar-refractivity contribution in [1.29, 1.82) is 0 Å². The van der Waals surface area contributed by atoms with Crippen LogP contribution in [-0.4, -0.2) is 0 Å². The topological polar surface area (TPSA) is 0 Å². The SMILES string of the molecule is CCCCCCCCCC=CCCC(C)C. The molecule has 0 aromatic heterocycles. The molecule has 0 N–H and O–H groups in total. The minimum atomic E-state index is 0.850. The summed E-state index contributed by atoms with van der Waals surface area (Å²) in [6.45, 7) is 6.87. The van der Waals surface area contributed by atoms with Crippen molar-refractivity contribution in [3.8, 4) is 0 Å². The highest BCUT2D eigenvalue weighted by molar-refractivity contribution is 4.81. The summed E-state index contributed by atoms with van der Waals surface area (Å²) < 4.78 is 0. The van der Waals surface area contributed by atoms with Gasteiger partial charge in [-0.3, -0.25) is 0 Å². The van der Waals surface area contributed by atoms with Crippen LogP contribution in [0.25, 0.3) is 0 Å². The highest BCUT2D eigenvalue weighted by Crippen LogP contribution is 2.09. The van der Waals surface area contributed by atoms with Crippen LogP contribution in [0.15, 0.2) is 12.2 Å². The zero-order valence-corrected chi connectivity index (χ0v) is 11.8. The van der Waals surface area contributed by atoms with Crippen molar-refractivity contribution in [2.75, 3.05) is 0 Å². The number of hydrogen-bond donors (Lipinski definition) is 0. The van der Waals surface area contributed by atoms with Gasteiger partial charge in [-0.15, -0.1) is 0 Å². The van der Waals surface area contributed by atoms with Gasteiger partial charge in [0.15, 0.2) is 0 Å². The summed E-state index contributed by atoms with van der Waals surface area (Å²) in [6, 6.07) is 0. The van der Waals surface area contributed by atoms with E-state index in [9.17, 15) is 0 Å². The fourth-order valence-corrected chi connectivity index (χ4v) is 1.88. The second-order valence-electron chi connectivity index (χ2n) is 5.35. The van der Waals surface area contributed by atoms with Crippen molar-refractivity contribution in [3.05, 3.63) is 12.2 Å². The number of hydrogen-bond acceptors (Lipinski definition) is 0. The second kappa shape index (κ2) is 12.8. The van der Waals surface area contributed by atoms with Crippen LogP contribution in [0.1, 0.15) is 85.0 Å². The molecule has 0 aromatic carbocycles. The lowest BCUT2D eigenvalue weighted by atomic mass is 10.1. The molecule has 0 heteroatoms. The van der Waals surface area contributed by atoms with Crippen LogP contribution in [0.3, 0.4) is 0 Å². The van der Waals surface area contributed by atoms with Crippen LogP contribution < -0.4 is 0 Å². The van der Waals surface area contributed by atoms with Gasteiger partial charge in [0.05, 0.1) is 0 Å². The number of unbranched alkanes of at least 4 members (excludes halogenated alkanes) is 7. The summed E-state index contributed by atoms with van der Waals surface area (Å²) in [7, 11) is 0. The molecule has 0 saturated heterocycles. The van der Waals surface area contributed by atoms with E-state index in [1.54, 1.807) is 0 Å². The van der Waals surface area contributed by atoms with Gasteiger partial charge in [0.2, 0.25) is 0 Å². The summed E-state index contributed by atoms with van der Waals surface area (Å²) in [5.41, 5.74) is 0. The summed E-state index contributed by atoms with van der Waals surface area (Å²) in [5, 5.41) is 0. The first-order valence-electron chi connectivity index (χ1n) is 7.42. The fourth-order valence-electron chi connectivity index (χ4n) is 1.88. The van der Waals surface area contributed by atoms with E-state index in [4.69, 9.17) is 0 Å². The van der Waals surface area contributed by atoms with Gasteiger partial charge in [0, 0.05) is 0 Å². The lowest BCUT2D eigenvalue weighted by Crippen LogP contribution is -1.83. The van der Waals surface area contributed by atoms with Gasteiger partial charge in [-0.05, 0) is 31.6 Å². The molecule has 0 radical (unpaired) electrons. The first-order valence-corrected chi connectivity index (χ1v) is 7.42. The largest absolute Gasteiger partial charge is 0.0885 e. The lowest BCUT2D eigenvalue weighted by molar-refractivity contribution is 0.587. The fraction of sp³-hybridized carbons (Fsp3) is 0.875. The molecular weight excluding hydrogens is 192 g/mol. The van der Waals surface area contributed by atoms with Crippen molar-refractivity contribution < 1.29 is 0 Å². The zero-order chi connectivity index (χ0) is 12.1. The van der Waals surface area contributed by atoms with E-state index in [0.717, 1.165) is 5.92 Å². The maximum atomic E-state index is 2.38. The smallest absolute Gasteiger partial charge is 0.0348 e. The molecule has 0 aliphatic rings. The minimum Gasteiger partial charge on any atom is -0.0885 e. The Hall–Kier alpha value is -0.260. The van der Waals surface area contributed by atoms with Gasteiger partial charge in [-0.2, -0.15) is 0 Å². The van der Waals surface area contributed by atoms with Crippen LogP contribution in [0.4, 0.5) is 0 Å². The first-order chi connectivity index (χ1) is 7.77. The molecule has 0 saturated carbocycles. The lowest BCUT2D eigenvalue weighted by Gasteiger charge is -2.00. The van der Waals surface area contributed by atoms with Crippen LogP contribution in [0.2, 0.25) is 0 Å². The molecule has 0 atom stereocenters. The summed E-state index contributed by atoms with van der Waals surface area (Å²) in [6.07, 6.45) is 18.6. The van der Waals surface area contributed by atoms with Gasteiger partial charge in [0.25, 0.3) is 0 Å². The highest BCUT2D eigenvalue weighted by atomic mass is 14.0. The Morgan fingerprint density at radius 2 is 1.31 bits per heavy atom. The quantitative estimate of drug-likeness (QED) is 0.293. The van der Waals surface area contributed by atoms with Crippen molar-refractivity contribution >= 4 is 0 Å². The Morgan fingerprint density at radius 3 is 1.94 bits per heavy atom. The van der Waals surface area contributed by atoms with Crippen molar-refractivity contribution in [2.45, 2.75) is 85.0 Å². The molecule has 0 spiro atoms.